The number of nitrogens with zero attached hydrogens (tertiary/aromatic N) is 1. The van der Waals surface area contributed by atoms with E-state index >= 15 is 0 Å². The molecule has 1 saturated heterocycles. The molecule has 0 aliphatic carbocycles. The van der Waals surface area contributed by atoms with Crippen molar-refractivity contribution in [2.45, 2.75) is 25.8 Å². The maximum absolute atomic E-state index is 10.5. The molecule has 1 aromatic rings. The number of halogens is 1. The Labute approximate surface area is 121 Å². The van der Waals surface area contributed by atoms with Crippen LogP contribution in [0.2, 0.25) is 0 Å². The highest BCUT2D eigenvalue weighted by Crippen LogP contribution is 2.26. The van der Waals surface area contributed by atoms with Gasteiger partial charge >= 0.3 is 5.97 Å². The number of carboxylic acids is 1. The molecule has 1 aromatic carbocycles. The molecule has 0 bridgehead atoms. The minimum Gasteiger partial charge on any atom is -0.481 e. The van der Waals surface area contributed by atoms with Crippen LogP contribution in [0.15, 0.2) is 22.7 Å². The predicted molar refractivity (Wildman–Crippen MR) is 79.8 cm³/mol. The summed E-state index contributed by atoms with van der Waals surface area (Å²) in [4.78, 5) is 12.8. The minimum atomic E-state index is -0.746. The Bertz CT molecular complexity index is 465. The minimum absolute atomic E-state index is 0.187. The number of benzene rings is 1. The van der Waals surface area contributed by atoms with Crippen molar-refractivity contribution in [2.75, 3.05) is 24.5 Å². The molecule has 2 rings (SSSR count). The molecule has 1 fully saturated rings. The number of anilines is 1. The lowest BCUT2D eigenvalue weighted by Gasteiger charge is -2.19. The fraction of sp³-hybridized carbons (Fsp3) is 0.500. The molecular weight excluding hydrogens is 308 g/mol. The van der Waals surface area contributed by atoms with Crippen LogP contribution in [-0.4, -0.2) is 36.8 Å². The van der Waals surface area contributed by atoms with Crippen molar-refractivity contribution in [1.82, 2.24) is 5.32 Å². The number of aliphatic carboxylic acids is 1. The molecule has 1 unspecified atom stereocenters. The van der Waals surface area contributed by atoms with Crippen molar-refractivity contribution in [3.05, 3.63) is 28.2 Å². The predicted octanol–water partition coefficient (Wildman–Crippen LogP) is 2.40. The summed E-state index contributed by atoms with van der Waals surface area (Å²) in [5.41, 5.74) is 2.46. The lowest BCUT2D eigenvalue weighted by molar-refractivity contribution is -0.136. The highest BCUT2D eigenvalue weighted by atomic mass is 79.9. The lowest BCUT2D eigenvalue weighted by Crippen LogP contribution is -2.33. The summed E-state index contributed by atoms with van der Waals surface area (Å²) < 4.78 is 1.13. The molecular formula is C14H19BrN2O2. The van der Waals surface area contributed by atoms with Gasteiger partial charge in [0.1, 0.15) is 0 Å². The van der Waals surface area contributed by atoms with E-state index in [0.29, 0.717) is 12.6 Å². The second kappa shape index (κ2) is 6.39. The zero-order valence-electron chi connectivity index (χ0n) is 11.0. The van der Waals surface area contributed by atoms with Crippen LogP contribution in [0.4, 0.5) is 5.69 Å². The monoisotopic (exact) mass is 326 g/mol. The fourth-order valence-corrected chi connectivity index (χ4v) is 2.69. The van der Waals surface area contributed by atoms with E-state index in [2.05, 4.69) is 51.3 Å². The molecule has 4 nitrogen and oxygen atoms in total. The molecule has 1 aliphatic heterocycles. The van der Waals surface area contributed by atoms with Crippen molar-refractivity contribution in [1.29, 1.82) is 0 Å². The van der Waals surface area contributed by atoms with Gasteiger partial charge < -0.3 is 15.3 Å². The molecule has 0 amide bonds. The number of hydrogen-bond donors (Lipinski definition) is 2. The maximum Gasteiger partial charge on any atom is 0.304 e. The molecule has 2 N–H and O–H groups in total. The first-order valence-corrected chi connectivity index (χ1v) is 7.32. The van der Waals surface area contributed by atoms with E-state index in [0.717, 1.165) is 24.0 Å². The Balaban J connectivity index is 1.87. The average Bonchev–Trinajstić information content (AvgIpc) is 2.81. The normalized spacial score (nSPS) is 18.8. The van der Waals surface area contributed by atoms with Gasteiger partial charge in [-0.1, -0.05) is 22.0 Å². The molecule has 0 saturated carbocycles. The first kappa shape index (κ1) is 14.3. The Morgan fingerprint density at radius 2 is 2.37 bits per heavy atom. The zero-order valence-corrected chi connectivity index (χ0v) is 12.6. The number of hydrogen-bond acceptors (Lipinski definition) is 3. The van der Waals surface area contributed by atoms with Gasteiger partial charge in [0.2, 0.25) is 0 Å². The summed E-state index contributed by atoms with van der Waals surface area (Å²) >= 11 is 3.56. The molecule has 5 heteroatoms. The van der Waals surface area contributed by atoms with Gasteiger partial charge in [0.15, 0.2) is 0 Å². The van der Waals surface area contributed by atoms with E-state index in [-0.39, 0.29) is 6.42 Å². The number of carbonyl (C=O) groups is 1. The smallest absolute Gasteiger partial charge is 0.304 e. The third-order valence-electron chi connectivity index (χ3n) is 3.48. The summed E-state index contributed by atoms with van der Waals surface area (Å²) in [6.07, 6.45) is 1.25. The number of nitrogens with one attached hydrogen (secondary N) is 1. The van der Waals surface area contributed by atoms with Crippen LogP contribution in [0.1, 0.15) is 18.4 Å². The second-order valence-corrected chi connectivity index (χ2v) is 5.82. The third-order valence-corrected chi connectivity index (χ3v) is 4.34. The SMILES string of the molecule is Cc1ccc(N2CCC(NCCC(=O)O)C2)cc1Br. The lowest BCUT2D eigenvalue weighted by atomic mass is 10.2. The van der Waals surface area contributed by atoms with E-state index < -0.39 is 5.97 Å². The van der Waals surface area contributed by atoms with E-state index in [1.807, 2.05) is 0 Å². The van der Waals surface area contributed by atoms with Gasteiger partial charge in [-0.3, -0.25) is 4.79 Å². The van der Waals surface area contributed by atoms with Gasteiger partial charge in [-0.2, -0.15) is 0 Å². The Morgan fingerprint density at radius 3 is 3.05 bits per heavy atom. The topological polar surface area (TPSA) is 52.6 Å². The van der Waals surface area contributed by atoms with Crippen LogP contribution < -0.4 is 10.2 Å². The van der Waals surface area contributed by atoms with Gasteiger partial charge in [0.25, 0.3) is 0 Å². The van der Waals surface area contributed by atoms with Crippen LogP contribution in [0.3, 0.4) is 0 Å². The number of rotatable bonds is 5. The van der Waals surface area contributed by atoms with E-state index in [1.54, 1.807) is 0 Å². The van der Waals surface area contributed by atoms with E-state index in [4.69, 9.17) is 5.11 Å². The summed E-state index contributed by atoms with van der Waals surface area (Å²) in [5, 5.41) is 11.9. The third kappa shape index (κ3) is 3.94. The van der Waals surface area contributed by atoms with Crippen molar-refractivity contribution in [2.24, 2.45) is 0 Å². The van der Waals surface area contributed by atoms with Crippen molar-refractivity contribution >= 4 is 27.6 Å². The highest BCUT2D eigenvalue weighted by Gasteiger charge is 2.22. The quantitative estimate of drug-likeness (QED) is 0.872. The van der Waals surface area contributed by atoms with Gasteiger partial charge in [-0.15, -0.1) is 0 Å². The fourth-order valence-electron chi connectivity index (χ4n) is 2.32. The van der Waals surface area contributed by atoms with Crippen molar-refractivity contribution < 1.29 is 9.90 Å². The van der Waals surface area contributed by atoms with Crippen LogP contribution in [0, 0.1) is 6.92 Å². The highest BCUT2D eigenvalue weighted by molar-refractivity contribution is 9.10. The number of aryl methyl sites for hydroxylation is 1. The van der Waals surface area contributed by atoms with Gasteiger partial charge in [-0.05, 0) is 31.0 Å². The van der Waals surface area contributed by atoms with Crippen LogP contribution in [-0.2, 0) is 4.79 Å². The van der Waals surface area contributed by atoms with Crippen molar-refractivity contribution in [3.63, 3.8) is 0 Å². The van der Waals surface area contributed by atoms with E-state index in [1.165, 1.54) is 11.3 Å². The molecule has 1 heterocycles. The summed E-state index contributed by atoms with van der Waals surface area (Å²) in [7, 11) is 0. The van der Waals surface area contributed by atoms with Gasteiger partial charge in [0, 0.05) is 35.8 Å². The Kier molecular flexibility index (Phi) is 4.82. The van der Waals surface area contributed by atoms with Crippen molar-refractivity contribution in [3.8, 4) is 0 Å². The van der Waals surface area contributed by atoms with Crippen LogP contribution in [0.5, 0.6) is 0 Å². The Morgan fingerprint density at radius 1 is 1.58 bits per heavy atom. The summed E-state index contributed by atoms with van der Waals surface area (Å²) in [5.74, 6) is -0.746. The van der Waals surface area contributed by atoms with Gasteiger partial charge in [-0.25, -0.2) is 0 Å². The Hall–Kier alpha value is -1.07. The first-order chi connectivity index (χ1) is 9.06. The number of carboxylic acid groups (broad SMARTS) is 1. The standard InChI is InChI=1S/C14H19BrN2O2/c1-10-2-3-12(8-13(10)15)17-7-5-11(9-17)16-6-4-14(18)19/h2-3,8,11,16H,4-7,9H2,1H3,(H,18,19). The average molecular weight is 327 g/mol. The zero-order chi connectivity index (χ0) is 13.8. The van der Waals surface area contributed by atoms with Crippen LogP contribution >= 0.6 is 15.9 Å². The van der Waals surface area contributed by atoms with Gasteiger partial charge in [0.05, 0.1) is 6.42 Å². The molecule has 0 radical (unpaired) electrons. The molecule has 0 spiro atoms. The molecule has 19 heavy (non-hydrogen) atoms. The summed E-state index contributed by atoms with van der Waals surface area (Å²) in [6.45, 7) is 4.58. The first-order valence-electron chi connectivity index (χ1n) is 6.52. The molecule has 0 aromatic heterocycles. The van der Waals surface area contributed by atoms with E-state index in [9.17, 15) is 4.79 Å². The molecule has 1 atom stereocenters. The molecule has 104 valence electrons. The van der Waals surface area contributed by atoms with Crippen LogP contribution in [0.25, 0.3) is 0 Å². The molecule has 1 aliphatic rings. The summed E-state index contributed by atoms with van der Waals surface area (Å²) in [6, 6.07) is 6.79. The second-order valence-electron chi connectivity index (χ2n) is 4.96. The largest absolute Gasteiger partial charge is 0.481 e. The maximum atomic E-state index is 10.5.